The summed E-state index contributed by atoms with van der Waals surface area (Å²) in [7, 11) is 0. The Balaban J connectivity index is 1.81. The summed E-state index contributed by atoms with van der Waals surface area (Å²) in [5, 5.41) is 22.5. The van der Waals surface area contributed by atoms with Gasteiger partial charge in [0, 0.05) is 30.3 Å². The number of rotatable bonds is 5. The zero-order valence-electron chi connectivity index (χ0n) is 15.6. The van der Waals surface area contributed by atoms with Crippen molar-refractivity contribution >= 4 is 34.5 Å². The highest BCUT2D eigenvalue weighted by Crippen LogP contribution is 2.32. The van der Waals surface area contributed by atoms with Gasteiger partial charge in [-0.05, 0) is 35.4 Å². The molecule has 30 heavy (non-hydrogen) atoms. The lowest BCUT2D eigenvalue weighted by atomic mass is 10.0. The minimum atomic E-state index is -0.446. The number of nitro groups is 2. The van der Waals surface area contributed by atoms with Crippen molar-refractivity contribution in [1.29, 1.82) is 0 Å². The van der Waals surface area contributed by atoms with Gasteiger partial charge < -0.3 is 0 Å². The minimum Gasteiger partial charge on any atom is -0.258 e. The number of nitrogens with zero attached hydrogens (tertiary/aromatic N) is 2. The summed E-state index contributed by atoms with van der Waals surface area (Å²) in [5.41, 5.74) is 2.99. The van der Waals surface area contributed by atoms with Crippen LogP contribution < -0.4 is 0 Å². The van der Waals surface area contributed by atoms with E-state index in [0.29, 0.717) is 16.7 Å². The van der Waals surface area contributed by atoms with Crippen molar-refractivity contribution < 1.29 is 14.3 Å². The molecule has 0 aliphatic carbocycles. The minimum absolute atomic E-state index is 0.00844. The topological polar surface area (TPSA) is 97.6 Å². The molecule has 0 radical (unpaired) electrons. The third-order valence-electron chi connectivity index (χ3n) is 4.61. The maximum absolute atomic E-state index is 11.1. The molecule has 4 aromatic rings. The van der Waals surface area contributed by atoms with Crippen LogP contribution >= 0.6 is 0 Å². The summed E-state index contributed by atoms with van der Waals surface area (Å²) in [4.78, 5) is 21.0. The lowest BCUT2D eigenvalue weighted by molar-refractivity contribution is -0.385. The molecule has 0 unspecified atom stereocenters. The van der Waals surface area contributed by atoms with Crippen LogP contribution in [0.25, 0.3) is 34.2 Å². The van der Waals surface area contributed by atoms with Crippen molar-refractivity contribution in [2.24, 2.45) is 0 Å². The van der Waals surface area contributed by atoms with Crippen molar-refractivity contribution in [2.75, 3.05) is 0 Å². The van der Waals surface area contributed by atoms with Gasteiger partial charge in [0.05, 0.1) is 26.9 Å². The summed E-state index contributed by atoms with van der Waals surface area (Å²) in [5.74, 6) is 0.570. The molecule has 7 heteroatoms. The van der Waals surface area contributed by atoms with Gasteiger partial charge in [0.15, 0.2) is 0 Å². The molecule has 3 aromatic carbocycles. The van der Waals surface area contributed by atoms with E-state index in [-0.39, 0.29) is 11.4 Å². The molecule has 0 spiro atoms. The molecular formula is C23H15N2O5+. The monoisotopic (exact) mass is 399 g/mol. The Kier molecular flexibility index (Phi) is 5.00. The number of fused-ring (bicyclic) bond motifs is 1. The average Bonchev–Trinajstić information content (AvgIpc) is 2.77. The van der Waals surface area contributed by atoms with Crippen LogP contribution in [0.15, 0.2) is 83.3 Å². The normalized spacial score (nSPS) is 11.1. The second-order valence-electron chi connectivity index (χ2n) is 6.55. The van der Waals surface area contributed by atoms with Gasteiger partial charge in [-0.25, -0.2) is 4.42 Å². The first-order valence-corrected chi connectivity index (χ1v) is 9.04. The molecule has 146 valence electrons. The maximum atomic E-state index is 11.1. The number of benzene rings is 3. The molecule has 0 N–H and O–H groups in total. The average molecular weight is 399 g/mol. The highest BCUT2D eigenvalue weighted by atomic mass is 16.6. The third-order valence-corrected chi connectivity index (χ3v) is 4.61. The molecule has 1 heterocycles. The van der Waals surface area contributed by atoms with Crippen molar-refractivity contribution in [3.8, 4) is 11.1 Å². The zero-order chi connectivity index (χ0) is 21.1. The maximum Gasteiger partial charge on any atom is 0.361 e. The second kappa shape index (κ2) is 7.92. The van der Waals surface area contributed by atoms with E-state index in [9.17, 15) is 20.2 Å². The van der Waals surface area contributed by atoms with E-state index < -0.39 is 9.85 Å². The zero-order valence-corrected chi connectivity index (χ0v) is 15.6. The molecule has 0 amide bonds. The summed E-state index contributed by atoms with van der Waals surface area (Å²) < 4.78 is 6.05. The molecule has 0 fully saturated rings. The van der Waals surface area contributed by atoms with Gasteiger partial charge >= 0.3 is 11.3 Å². The molecule has 1 aromatic heterocycles. The fraction of sp³-hybridized carbons (Fsp3) is 0. The number of nitro benzene ring substituents is 2. The van der Waals surface area contributed by atoms with E-state index in [2.05, 4.69) is 0 Å². The van der Waals surface area contributed by atoms with Crippen LogP contribution in [0.3, 0.4) is 0 Å². The first-order chi connectivity index (χ1) is 14.5. The van der Waals surface area contributed by atoms with Crippen molar-refractivity contribution in [1.82, 2.24) is 0 Å². The van der Waals surface area contributed by atoms with Crippen LogP contribution in [0.5, 0.6) is 0 Å². The van der Waals surface area contributed by atoms with Gasteiger partial charge in [0.1, 0.15) is 0 Å². The molecular weight excluding hydrogens is 384 g/mol. The Labute approximate surface area is 170 Å². The summed E-state index contributed by atoms with van der Waals surface area (Å²) >= 11 is 0. The van der Waals surface area contributed by atoms with Gasteiger partial charge in [-0.15, -0.1) is 0 Å². The van der Waals surface area contributed by atoms with Crippen molar-refractivity contribution in [3.63, 3.8) is 0 Å². The Morgan fingerprint density at radius 1 is 0.733 bits per heavy atom. The van der Waals surface area contributed by atoms with E-state index in [0.717, 1.165) is 16.7 Å². The molecule has 0 bridgehead atoms. The Morgan fingerprint density at radius 2 is 1.40 bits per heavy atom. The largest absolute Gasteiger partial charge is 0.361 e. The fourth-order valence-corrected chi connectivity index (χ4v) is 3.10. The van der Waals surface area contributed by atoms with Gasteiger partial charge in [-0.2, -0.15) is 0 Å². The summed E-state index contributed by atoms with van der Waals surface area (Å²) in [6.45, 7) is 0. The van der Waals surface area contributed by atoms with E-state index in [1.807, 2.05) is 36.4 Å². The number of hydrogen-bond acceptors (Lipinski definition) is 4. The Morgan fingerprint density at radius 3 is 2.07 bits per heavy atom. The van der Waals surface area contributed by atoms with Crippen LogP contribution in [0, 0.1) is 20.2 Å². The lowest BCUT2D eigenvalue weighted by Crippen LogP contribution is -1.89. The van der Waals surface area contributed by atoms with E-state index in [4.69, 9.17) is 4.42 Å². The Bertz CT molecular complexity index is 1280. The van der Waals surface area contributed by atoms with Crippen molar-refractivity contribution in [2.45, 2.75) is 0 Å². The van der Waals surface area contributed by atoms with Crippen LogP contribution in [0.4, 0.5) is 11.4 Å². The third kappa shape index (κ3) is 3.90. The molecule has 0 saturated heterocycles. The SMILES string of the molecule is O=[N+]([O-])c1ccc(C=Cc2[o+]c3ccc([N+](=O)[O-])cc3cc2-c2ccccc2)cc1. The molecule has 0 atom stereocenters. The first-order valence-electron chi connectivity index (χ1n) is 9.04. The highest BCUT2D eigenvalue weighted by molar-refractivity contribution is 5.88. The standard InChI is InChI=1S/C23H15N2O5/c26-24(27)19-9-6-16(7-10-19)8-12-23-21(17-4-2-1-3-5-17)15-18-14-20(25(28)29)11-13-22(18)30-23/h1-15H/q+1. The molecule has 7 nitrogen and oxygen atoms in total. The number of non-ortho nitro benzene ring substituents is 2. The highest BCUT2D eigenvalue weighted by Gasteiger charge is 2.20. The van der Waals surface area contributed by atoms with Crippen LogP contribution in [-0.4, -0.2) is 9.85 Å². The summed E-state index contributed by atoms with van der Waals surface area (Å²) in [6, 6.07) is 22.1. The lowest BCUT2D eigenvalue weighted by Gasteiger charge is -2.01. The van der Waals surface area contributed by atoms with E-state index in [1.54, 1.807) is 30.4 Å². The molecule has 0 aliphatic rings. The predicted octanol–water partition coefficient (Wildman–Crippen LogP) is 6.37. The van der Waals surface area contributed by atoms with Crippen LogP contribution in [0.2, 0.25) is 0 Å². The van der Waals surface area contributed by atoms with Gasteiger partial charge in [-0.3, -0.25) is 20.2 Å². The first kappa shape index (κ1) is 18.9. The van der Waals surface area contributed by atoms with E-state index >= 15 is 0 Å². The van der Waals surface area contributed by atoms with Crippen LogP contribution in [0.1, 0.15) is 11.3 Å². The quantitative estimate of drug-likeness (QED) is 0.221. The van der Waals surface area contributed by atoms with Crippen molar-refractivity contribution in [3.05, 3.63) is 110 Å². The molecule has 0 saturated carbocycles. The molecule has 4 rings (SSSR count). The van der Waals surface area contributed by atoms with Crippen LogP contribution in [-0.2, 0) is 0 Å². The number of hydrogen-bond donors (Lipinski definition) is 0. The van der Waals surface area contributed by atoms with E-state index in [1.165, 1.54) is 24.3 Å². The summed E-state index contributed by atoms with van der Waals surface area (Å²) in [6.07, 6.45) is 3.58. The fourth-order valence-electron chi connectivity index (χ4n) is 3.10. The smallest absolute Gasteiger partial charge is 0.258 e. The predicted molar refractivity (Wildman–Crippen MR) is 115 cm³/mol. The Hall–Kier alpha value is -4.39. The van der Waals surface area contributed by atoms with Gasteiger partial charge in [-0.1, -0.05) is 30.3 Å². The second-order valence-corrected chi connectivity index (χ2v) is 6.55. The van der Waals surface area contributed by atoms with Gasteiger partial charge in [0.25, 0.3) is 11.4 Å². The molecule has 0 aliphatic heterocycles. The van der Waals surface area contributed by atoms with Gasteiger partial charge in [0.2, 0.25) is 0 Å².